The quantitative estimate of drug-likeness (QED) is 0.692. The van der Waals surface area contributed by atoms with Crippen molar-refractivity contribution in [2.75, 3.05) is 0 Å². The molecule has 0 amide bonds. The van der Waals surface area contributed by atoms with Gasteiger partial charge in [0.05, 0.1) is 5.92 Å². The molecule has 0 spiro atoms. The van der Waals surface area contributed by atoms with E-state index >= 15 is 0 Å². The lowest BCUT2D eigenvalue weighted by Crippen LogP contribution is -2.03. The predicted molar refractivity (Wildman–Crippen MR) is 43.5 cm³/mol. The highest BCUT2D eigenvalue weighted by Gasteiger charge is 2.60. The molecule has 2 nitrogen and oxygen atoms in total. The van der Waals surface area contributed by atoms with E-state index in [1.807, 2.05) is 0 Å². The number of allylic oxidation sites excluding steroid dienone is 2. The van der Waals surface area contributed by atoms with Gasteiger partial charge in [-0.2, -0.15) is 0 Å². The molecule has 4 heteroatoms. The number of rotatable bonds is 3. The summed E-state index contributed by atoms with van der Waals surface area (Å²) in [6, 6.07) is 0. The first kappa shape index (κ1) is 10.2. The Kier molecular flexibility index (Phi) is 2.41. The largest absolute Gasteiger partial charge is 0.481 e. The minimum Gasteiger partial charge on any atom is -0.481 e. The van der Waals surface area contributed by atoms with E-state index in [0.717, 1.165) is 6.08 Å². The summed E-state index contributed by atoms with van der Waals surface area (Å²) in [5, 5.41) is 8.70. The summed E-state index contributed by atoms with van der Waals surface area (Å²) in [5.74, 6) is -1.67. The SMILES string of the molecule is CC1(C)C(C=CC(F)F)C1C(=O)O. The van der Waals surface area contributed by atoms with Crippen LogP contribution in [-0.4, -0.2) is 17.5 Å². The van der Waals surface area contributed by atoms with E-state index in [0.29, 0.717) is 0 Å². The lowest BCUT2D eigenvalue weighted by Gasteiger charge is -1.96. The summed E-state index contributed by atoms with van der Waals surface area (Å²) >= 11 is 0. The Bertz CT molecular complexity index is 246. The first-order chi connectivity index (χ1) is 5.87. The predicted octanol–water partition coefficient (Wildman–Crippen LogP) is 2.16. The molecule has 2 unspecified atom stereocenters. The zero-order chi connectivity index (χ0) is 10.2. The van der Waals surface area contributed by atoms with Crippen LogP contribution in [0.3, 0.4) is 0 Å². The molecule has 1 aliphatic rings. The second-order valence-electron chi connectivity index (χ2n) is 3.88. The van der Waals surface area contributed by atoms with Crippen LogP contribution >= 0.6 is 0 Å². The summed E-state index contributed by atoms with van der Waals surface area (Å²) in [6.07, 6.45) is -0.426. The smallest absolute Gasteiger partial charge is 0.307 e. The normalized spacial score (nSPS) is 31.2. The van der Waals surface area contributed by atoms with E-state index in [4.69, 9.17) is 5.11 Å². The van der Waals surface area contributed by atoms with Gasteiger partial charge in [0, 0.05) is 0 Å². The minimum atomic E-state index is -2.49. The van der Waals surface area contributed by atoms with E-state index < -0.39 is 18.3 Å². The summed E-state index contributed by atoms with van der Waals surface area (Å²) in [4.78, 5) is 10.6. The number of carboxylic acids is 1. The highest BCUT2D eigenvalue weighted by atomic mass is 19.3. The molecule has 2 atom stereocenters. The third-order valence-electron chi connectivity index (χ3n) is 2.64. The van der Waals surface area contributed by atoms with Gasteiger partial charge in [-0.1, -0.05) is 19.9 Å². The molecule has 1 aliphatic carbocycles. The molecule has 0 heterocycles. The Morgan fingerprint density at radius 2 is 2.08 bits per heavy atom. The van der Waals surface area contributed by atoms with Gasteiger partial charge < -0.3 is 5.11 Å². The molecule has 1 fully saturated rings. The standard InChI is InChI=1S/C9H12F2O2/c1-9(2)5(3-4-6(10)11)7(9)8(12)13/h3-7H,1-2H3,(H,12,13). The lowest BCUT2D eigenvalue weighted by atomic mass is 10.1. The second kappa shape index (κ2) is 3.09. The van der Waals surface area contributed by atoms with E-state index in [9.17, 15) is 13.6 Å². The second-order valence-corrected chi connectivity index (χ2v) is 3.88. The summed E-state index contributed by atoms with van der Waals surface area (Å²) in [7, 11) is 0. The van der Waals surface area contributed by atoms with Crippen LogP contribution in [0.4, 0.5) is 8.78 Å². The molecule has 0 bridgehead atoms. The zero-order valence-electron chi connectivity index (χ0n) is 7.50. The van der Waals surface area contributed by atoms with E-state index in [1.165, 1.54) is 6.08 Å². The Hall–Kier alpha value is -0.930. The fraction of sp³-hybridized carbons (Fsp3) is 0.667. The number of carbonyl (C=O) groups is 1. The molecule has 1 N–H and O–H groups in total. The maximum atomic E-state index is 11.8. The first-order valence-corrected chi connectivity index (χ1v) is 4.06. The average molecular weight is 190 g/mol. The third-order valence-corrected chi connectivity index (χ3v) is 2.64. The van der Waals surface area contributed by atoms with Crippen molar-refractivity contribution in [1.82, 2.24) is 0 Å². The maximum Gasteiger partial charge on any atom is 0.307 e. The number of alkyl halides is 2. The molecular weight excluding hydrogens is 178 g/mol. The Labute approximate surface area is 75.3 Å². The topological polar surface area (TPSA) is 37.3 Å². The van der Waals surface area contributed by atoms with Crippen molar-refractivity contribution < 1.29 is 18.7 Å². The van der Waals surface area contributed by atoms with Gasteiger partial charge in [0.15, 0.2) is 0 Å². The molecule has 74 valence electrons. The maximum absolute atomic E-state index is 11.8. The molecule has 13 heavy (non-hydrogen) atoms. The van der Waals surface area contributed by atoms with Gasteiger partial charge in [0.1, 0.15) is 0 Å². The first-order valence-electron chi connectivity index (χ1n) is 4.06. The van der Waals surface area contributed by atoms with E-state index in [-0.39, 0.29) is 11.3 Å². The Morgan fingerprint density at radius 1 is 1.54 bits per heavy atom. The molecule has 0 aromatic carbocycles. The van der Waals surface area contributed by atoms with Crippen LogP contribution in [0.15, 0.2) is 12.2 Å². The van der Waals surface area contributed by atoms with Gasteiger partial charge in [-0.05, 0) is 17.4 Å². The Balaban J connectivity index is 2.61. The monoisotopic (exact) mass is 190 g/mol. The van der Waals surface area contributed by atoms with Gasteiger partial charge in [-0.25, -0.2) is 8.78 Å². The average Bonchev–Trinajstić information content (AvgIpc) is 2.48. The number of carboxylic acid groups (broad SMARTS) is 1. The van der Waals surface area contributed by atoms with Crippen LogP contribution in [0, 0.1) is 17.3 Å². The highest BCUT2D eigenvalue weighted by molar-refractivity contribution is 5.76. The van der Waals surface area contributed by atoms with E-state index in [1.54, 1.807) is 13.8 Å². The summed E-state index contributed by atoms with van der Waals surface area (Å²) < 4.78 is 23.5. The number of halogens is 2. The van der Waals surface area contributed by atoms with Crippen molar-refractivity contribution in [1.29, 1.82) is 0 Å². The van der Waals surface area contributed by atoms with Crippen molar-refractivity contribution >= 4 is 5.97 Å². The fourth-order valence-corrected chi connectivity index (χ4v) is 1.71. The molecule has 0 aliphatic heterocycles. The fourth-order valence-electron chi connectivity index (χ4n) is 1.71. The van der Waals surface area contributed by atoms with E-state index in [2.05, 4.69) is 0 Å². The number of hydrogen-bond donors (Lipinski definition) is 1. The van der Waals surface area contributed by atoms with Crippen LogP contribution in [0.5, 0.6) is 0 Å². The highest BCUT2D eigenvalue weighted by Crippen LogP contribution is 2.59. The molecule has 1 rings (SSSR count). The molecule has 1 saturated carbocycles. The van der Waals surface area contributed by atoms with Crippen molar-refractivity contribution in [3.8, 4) is 0 Å². The summed E-state index contributed by atoms with van der Waals surface area (Å²) in [5.41, 5.74) is -0.378. The molecule has 0 aromatic heterocycles. The Morgan fingerprint density at radius 3 is 2.38 bits per heavy atom. The van der Waals surface area contributed by atoms with Crippen LogP contribution in [0.2, 0.25) is 0 Å². The van der Waals surface area contributed by atoms with Crippen molar-refractivity contribution in [3.63, 3.8) is 0 Å². The van der Waals surface area contributed by atoms with Crippen LogP contribution in [0.1, 0.15) is 13.8 Å². The van der Waals surface area contributed by atoms with Crippen molar-refractivity contribution in [3.05, 3.63) is 12.2 Å². The van der Waals surface area contributed by atoms with Gasteiger partial charge in [-0.15, -0.1) is 0 Å². The van der Waals surface area contributed by atoms with Gasteiger partial charge in [-0.3, -0.25) is 4.79 Å². The molecule has 0 saturated heterocycles. The van der Waals surface area contributed by atoms with Crippen LogP contribution < -0.4 is 0 Å². The van der Waals surface area contributed by atoms with Crippen molar-refractivity contribution in [2.24, 2.45) is 17.3 Å². The summed E-state index contributed by atoms with van der Waals surface area (Å²) in [6.45, 7) is 3.54. The third kappa shape index (κ3) is 1.87. The minimum absolute atomic E-state index is 0.251. The molecular formula is C9H12F2O2. The molecule has 0 radical (unpaired) electrons. The number of aliphatic carboxylic acids is 1. The number of hydrogen-bond acceptors (Lipinski definition) is 1. The van der Waals surface area contributed by atoms with Gasteiger partial charge in [0.25, 0.3) is 6.43 Å². The molecule has 0 aromatic rings. The van der Waals surface area contributed by atoms with Crippen LogP contribution in [0.25, 0.3) is 0 Å². The van der Waals surface area contributed by atoms with Gasteiger partial charge >= 0.3 is 5.97 Å². The lowest BCUT2D eigenvalue weighted by molar-refractivity contribution is -0.139. The van der Waals surface area contributed by atoms with Crippen molar-refractivity contribution in [2.45, 2.75) is 20.3 Å². The van der Waals surface area contributed by atoms with Gasteiger partial charge in [0.2, 0.25) is 0 Å². The van der Waals surface area contributed by atoms with Crippen LogP contribution in [-0.2, 0) is 4.79 Å². The zero-order valence-corrected chi connectivity index (χ0v) is 7.50.